The first kappa shape index (κ1) is 12.8. The molecule has 3 aromatic rings. The summed E-state index contributed by atoms with van der Waals surface area (Å²) in [6.45, 7) is 0. The van der Waals surface area contributed by atoms with Crippen molar-refractivity contribution in [2.24, 2.45) is 5.73 Å². The molecule has 0 aliphatic rings. The number of aromatic amines is 1. The molecule has 4 nitrogen and oxygen atoms in total. The van der Waals surface area contributed by atoms with Crippen molar-refractivity contribution >= 4 is 11.6 Å². The number of aromatic nitrogens is 3. The van der Waals surface area contributed by atoms with E-state index in [1.807, 2.05) is 54.6 Å². The average Bonchev–Trinajstić information content (AvgIpc) is 2.98. The van der Waals surface area contributed by atoms with Crippen LogP contribution in [0.5, 0.6) is 0 Å². The standard InChI is InChI=1S/C15H13ClN4/c16-12-9-5-4-8-11(12)13(17)15-18-14(19-20-15)10-6-2-1-3-7-10/h1-9,13H,17H2,(H,18,19,20)/t13-/m1/s1. The van der Waals surface area contributed by atoms with Crippen molar-refractivity contribution in [1.82, 2.24) is 15.2 Å². The Labute approximate surface area is 121 Å². The first-order valence-electron chi connectivity index (χ1n) is 6.23. The lowest BCUT2D eigenvalue weighted by Gasteiger charge is -2.10. The molecule has 1 atom stereocenters. The number of nitrogens with one attached hydrogen (secondary N) is 1. The number of hydrogen-bond acceptors (Lipinski definition) is 3. The fourth-order valence-electron chi connectivity index (χ4n) is 2.00. The molecule has 3 rings (SSSR count). The van der Waals surface area contributed by atoms with Gasteiger partial charge in [0.25, 0.3) is 0 Å². The van der Waals surface area contributed by atoms with Gasteiger partial charge in [0, 0.05) is 10.6 Å². The molecule has 0 saturated carbocycles. The normalized spacial score (nSPS) is 12.3. The zero-order valence-electron chi connectivity index (χ0n) is 10.6. The number of H-pyrrole nitrogens is 1. The van der Waals surface area contributed by atoms with Crippen LogP contribution < -0.4 is 5.73 Å². The molecule has 0 radical (unpaired) electrons. The van der Waals surface area contributed by atoms with E-state index in [-0.39, 0.29) is 0 Å². The fraction of sp³-hybridized carbons (Fsp3) is 0.0667. The topological polar surface area (TPSA) is 67.6 Å². The summed E-state index contributed by atoms with van der Waals surface area (Å²) in [4.78, 5) is 4.45. The smallest absolute Gasteiger partial charge is 0.181 e. The fourth-order valence-corrected chi connectivity index (χ4v) is 2.26. The highest BCUT2D eigenvalue weighted by molar-refractivity contribution is 6.31. The minimum atomic E-state index is -0.423. The van der Waals surface area contributed by atoms with Crippen molar-refractivity contribution < 1.29 is 0 Å². The van der Waals surface area contributed by atoms with Crippen LogP contribution in [0.15, 0.2) is 54.6 Å². The van der Waals surface area contributed by atoms with E-state index in [0.29, 0.717) is 16.7 Å². The Kier molecular flexibility index (Phi) is 3.50. The molecule has 2 aromatic carbocycles. The second kappa shape index (κ2) is 5.45. The predicted molar refractivity (Wildman–Crippen MR) is 79.3 cm³/mol. The Hall–Kier alpha value is -2.17. The van der Waals surface area contributed by atoms with Gasteiger partial charge in [-0.15, -0.1) is 0 Å². The molecule has 1 heterocycles. The van der Waals surface area contributed by atoms with Gasteiger partial charge in [-0.25, -0.2) is 4.98 Å². The maximum absolute atomic E-state index is 6.19. The number of rotatable bonds is 3. The monoisotopic (exact) mass is 284 g/mol. The van der Waals surface area contributed by atoms with E-state index in [1.54, 1.807) is 0 Å². The van der Waals surface area contributed by atoms with Crippen LogP contribution in [-0.4, -0.2) is 15.2 Å². The molecule has 20 heavy (non-hydrogen) atoms. The molecule has 5 heteroatoms. The summed E-state index contributed by atoms with van der Waals surface area (Å²) < 4.78 is 0. The van der Waals surface area contributed by atoms with Gasteiger partial charge >= 0.3 is 0 Å². The van der Waals surface area contributed by atoms with E-state index in [4.69, 9.17) is 17.3 Å². The molecule has 3 N–H and O–H groups in total. The number of benzene rings is 2. The molecule has 0 amide bonds. The van der Waals surface area contributed by atoms with E-state index in [0.717, 1.165) is 11.1 Å². The van der Waals surface area contributed by atoms with Crippen molar-refractivity contribution in [2.45, 2.75) is 6.04 Å². The zero-order chi connectivity index (χ0) is 13.9. The Bertz CT molecular complexity index is 709. The van der Waals surface area contributed by atoms with Crippen LogP contribution >= 0.6 is 11.6 Å². The van der Waals surface area contributed by atoms with Crippen LogP contribution in [0.25, 0.3) is 11.4 Å². The van der Waals surface area contributed by atoms with Crippen LogP contribution in [0.1, 0.15) is 17.4 Å². The molecular weight excluding hydrogens is 272 g/mol. The molecule has 1 aromatic heterocycles. The largest absolute Gasteiger partial charge is 0.318 e. The average molecular weight is 285 g/mol. The van der Waals surface area contributed by atoms with Crippen LogP contribution in [0, 0.1) is 0 Å². The zero-order valence-corrected chi connectivity index (χ0v) is 11.4. The highest BCUT2D eigenvalue weighted by atomic mass is 35.5. The van der Waals surface area contributed by atoms with Gasteiger partial charge in [0.05, 0.1) is 6.04 Å². The molecule has 0 saturated heterocycles. The molecule has 100 valence electrons. The van der Waals surface area contributed by atoms with Gasteiger partial charge in [0.2, 0.25) is 0 Å². The van der Waals surface area contributed by atoms with Crippen molar-refractivity contribution in [3.8, 4) is 11.4 Å². The second-order valence-electron chi connectivity index (χ2n) is 4.41. The van der Waals surface area contributed by atoms with Crippen molar-refractivity contribution in [1.29, 1.82) is 0 Å². The first-order chi connectivity index (χ1) is 9.75. The number of nitrogens with two attached hydrogens (primary N) is 1. The third kappa shape index (κ3) is 2.43. The van der Waals surface area contributed by atoms with E-state index >= 15 is 0 Å². The van der Waals surface area contributed by atoms with E-state index in [2.05, 4.69) is 15.2 Å². The third-order valence-electron chi connectivity index (χ3n) is 3.07. The van der Waals surface area contributed by atoms with Gasteiger partial charge in [0.1, 0.15) is 5.82 Å². The lowest BCUT2D eigenvalue weighted by atomic mass is 10.1. The van der Waals surface area contributed by atoms with Gasteiger partial charge in [-0.1, -0.05) is 60.1 Å². The molecule has 0 fully saturated rings. The second-order valence-corrected chi connectivity index (χ2v) is 4.82. The molecule has 0 bridgehead atoms. The van der Waals surface area contributed by atoms with Gasteiger partial charge in [0.15, 0.2) is 5.82 Å². The molecular formula is C15H13ClN4. The summed E-state index contributed by atoms with van der Waals surface area (Å²) in [5.74, 6) is 1.22. The first-order valence-corrected chi connectivity index (χ1v) is 6.61. The molecule has 0 aliphatic carbocycles. The lowest BCUT2D eigenvalue weighted by molar-refractivity contribution is 0.788. The SMILES string of the molecule is N[C@@H](c1nc(-c2ccccc2)n[nH]1)c1ccccc1Cl. The van der Waals surface area contributed by atoms with E-state index in [9.17, 15) is 0 Å². The summed E-state index contributed by atoms with van der Waals surface area (Å²) in [5, 5.41) is 7.71. The summed E-state index contributed by atoms with van der Waals surface area (Å²) in [5.41, 5.74) is 7.96. The van der Waals surface area contributed by atoms with Crippen molar-refractivity contribution in [3.63, 3.8) is 0 Å². The Morgan fingerprint density at radius 2 is 1.70 bits per heavy atom. The molecule has 0 unspecified atom stereocenters. The maximum Gasteiger partial charge on any atom is 0.181 e. The number of halogens is 1. The minimum Gasteiger partial charge on any atom is -0.318 e. The highest BCUT2D eigenvalue weighted by Gasteiger charge is 2.16. The Morgan fingerprint density at radius 3 is 2.45 bits per heavy atom. The van der Waals surface area contributed by atoms with Crippen molar-refractivity contribution in [2.75, 3.05) is 0 Å². The van der Waals surface area contributed by atoms with E-state index < -0.39 is 6.04 Å². The van der Waals surface area contributed by atoms with Crippen LogP contribution in [0.2, 0.25) is 5.02 Å². The Balaban J connectivity index is 1.93. The minimum absolute atomic E-state index is 0.423. The summed E-state index contributed by atoms with van der Waals surface area (Å²) >= 11 is 6.15. The number of hydrogen-bond donors (Lipinski definition) is 2. The van der Waals surface area contributed by atoms with Gasteiger partial charge < -0.3 is 5.73 Å². The lowest BCUT2D eigenvalue weighted by Crippen LogP contribution is -2.14. The van der Waals surface area contributed by atoms with Crippen molar-refractivity contribution in [3.05, 3.63) is 71.0 Å². The third-order valence-corrected chi connectivity index (χ3v) is 3.41. The number of nitrogens with zero attached hydrogens (tertiary/aromatic N) is 2. The predicted octanol–water partition coefficient (Wildman–Crippen LogP) is 3.17. The Morgan fingerprint density at radius 1 is 1.00 bits per heavy atom. The quantitative estimate of drug-likeness (QED) is 0.776. The van der Waals surface area contributed by atoms with Gasteiger partial charge in [-0.2, -0.15) is 5.10 Å². The summed E-state index contributed by atoms with van der Waals surface area (Å²) in [6, 6.07) is 16.8. The van der Waals surface area contributed by atoms with Gasteiger partial charge in [-0.05, 0) is 11.6 Å². The maximum atomic E-state index is 6.19. The van der Waals surface area contributed by atoms with Gasteiger partial charge in [-0.3, -0.25) is 5.10 Å². The molecule has 0 aliphatic heterocycles. The summed E-state index contributed by atoms with van der Waals surface area (Å²) in [7, 11) is 0. The van der Waals surface area contributed by atoms with Crippen LogP contribution in [0.3, 0.4) is 0 Å². The summed E-state index contributed by atoms with van der Waals surface area (Å²) in [6.07, 6.45) is 0. The van der Waals surface area contributed by atoms with Crippen LogP contribution in [-0.2, 0) is 0 Å². The van der Waals surface area contributed by atoms with E-state index in [1.165, 1.54) is 0 Å². The van der Waals surface area contributed by atoms with Crippen LogP contribution in [0.4, 0.5) is 0 Å². The molecule has 0 spiro atoms. The highest BCUT2D eigenvalue weighted by Crippen LogP contribution is 2.25.